The average molecular weight is 349 g/mol. The number of nitrogens with zero attached hydrogens (tertiary/aromatic N) is 2. The maximum absolute atomic E-state index is 12.4. The SMILES string of the molecule is CS(=O)(=O)N1CCC(C(=O)Nc2oncc2-c2ccccc2)CC1. The number of hydrogen-bond donors (Lipinski definition) is 1. The molecular formula is C16H19N3O4S. The molecule has 24 heavy (non-hydrogen) atoms. The van der Waals surface area contributed by atoms with Crippen molar-refractivity contribution >= 4 is 21.8 Å². The molecule has 7 nitrogen and oxygen atoms in total. The van der Waals surface area contributed by atoms with E-state index in [0.29, 0.717) is 31.8 Å². The Hall–Kier alpha value is -2.19. The van der Waals surface area contributed by atoms with Gasteiger partial charge in [-0.05, 0) is 18.4 Å². The normalized spacial score (nSPS) is 16.9. The summed E-state index contributed by atoms with van der Waals surface area (Å²) in [5, 5.41) is 6.54. The summed E-state index contributed by atoms with van der Waals surface area (Å²) in [5.41, 5.74) is 1.62. The highest BCUT2D eigenvalue weighted by atomic mass is 32.2. The van der Waals surface area contributed by atoms with Gasteiger partial charge in [0.1, 0.15) is 0 Å². The van der Waals surface area contributed by atoms with Gasteiger partial charge in [0.25, 0.3) is 0 Å². The van der Waals surface area contributed by atoms with Gasteiger partial charge < -0.3 is 4.52 Å². The minimum atomic E-state index is -3.19. The van der Waals surface area contributed by atoms with Crippen LogP contribution in [0.1, 0.15) is 12.8 Å². The minimum Gasteiger partial charge on any atom is -0.338 e. The first-order valence-corrected chi connectivity index (χ1v) is 9.56. The molecule has 2 heterocycles. The van der Waals surface area contributed by atoms with Gasteiger partial charge in [0.15, 0.2) is 0 Å². The Balaban J connectivity index is 1.66. The third-order valence-electron chi connectivity index (χ3n) is 4.19. The molecule has 0 unspecified atom stereocenters. The van der Waals surface area contributed by atoms with Crippen LogP contribution in [-0.2, 0) is 14.8 Å². The number of benzene rings is 1. The lowest BCUT2D eigenvalue weighted by Gasteiger charge is -2.29. The van der Waals surface area contributed by atoms with Gasteiger partial charge in [0.2, 0.25) is 21.8 Å². The van der Waals surface area contributed by atoms with Gasteiger partial charge in [-0.25, -0.2) is 12.7 Å². The first-order valence-electron chi connectivity index (χ1n) is 7.71. The van der Waals surface area contributed by atoms with Gasteiger partial charge in [-0.15, -0.1) is 0 Å². The maximum atomic E-state index is 12.4. The van der Waals surface area contributed by atoms with Crippen molar-refractivity contribution in [1.29, 1.82) is 0 Å². The fourth-order valence-corrected chi connectivity index (χ4v) is 3.69. The number of amides is 1. The van der Waals surface area contributed by atoms with Crippen LogP contribution < -0.4 is 5.32 Å². The highest BCUT2D eigenvalue weighted by Crippen LogP contribution is 2.29. The summed E-state index contributed by atoms with van der Waals surface area (Å²) in [6, 6.07) is 9.52. The van der Waals surface area contributed by atoms with E-state index in [9.17, 15) is 13.2 Å². The lowest BCUT2D eigenvalue weighted by atomic mass is 9.97. The van der Waals surface area contributed by atoms with Crippen LogP contribution in [-0.4, -0.2) is 43.1 Å². The molecule has 1 amide bonds. The summed E-state index contributed by atoms with van der Waals surface area (Å²) < 4.78 is 29.6. The van der Waals surface area contributed by atoms with Crippen LogP contribution in [0.2, 0.25) is 0 Å². The monoisotopic (exact) mass is 349 g/mol. The smallest absolute Gasteiger partial charge is 0.239 e. The third kappa shape index (κ3) is 3.65. The first kappa shape index (κ1) is 16.7. The van der Waals surface area contributed by atoms with Crippen LogP contribution in [0.3, 0.4) is 0 Å². The predicted octanol–water partition coefficient (Wildman–Crippen LogP) is 1.95. The fourth-order valence-electron chi connectivity index (χ4n) is 2.82. The molecule has 1 aliphatic heterocycles. The number of rotatable bonds is 4. The molecule has 1 aliphatic rings. The molecule has 0 bridgehead atoms. The molecule has 1 aromatic heterocycles. The second-order valence-electron chi connectivity index (χ2n) is 5.86. The summed E-state index contributed by atoms with van der Waals surface area (Å²) in [7, 11) is -3.19. The number of nitrogens with one attached hydrogen (secondary N) is 1. The van der Waals surface area contributed by atoms with E-state index in [1.165, 1.54) is 10.6 Å². The fraction of sp³-hybridized carbons (Fsp3) is 0.375. The van der Waals surface area contributed by atoms with Gasteiger partial charge in [0.05, 0.1) is 18.0 Å². The summed E-state index contributed by atoms with van der Waals surface area (Å²) >= 11 is 0. The maximum Gasteiger partial charge on any atom is 0.239 e. The van der Waals surface area contributed by atoms with Crippen LogP contribution in [0, 0.1) is 5.92 Å². The lowest BCUT2D eigenvalue weighted by molar-refractivity contribution is -0.121. The van der Waals surface area contributed by atoms with E-state index in [4.69, 9.17) is 4.52 Å². The Kier molecular flexibility index (Phi) is 4.68. The number of piperidine rings is 1. The van der Waals surface area contributed by atoms with Crippen LogP contribution in [0.5, 0.6) is 0 Å². The zero-order valence-corrected chi connectivity index (χ0v) is 14.1. The van der Waals surface area contributed by atoms with Gasteiger partial charge in [-0.3, -0.25) is 10.1 Å². The van der Waals surface area contributed by atoms with Crippen molar-refractivity contribution in [2.45, 2.75) is 12.8 Å². The number of aromatic nitrogens is 1. The van der Waals surface area contributed by atoms with E-state index < -0.39 is 10.0 Å². The summed E-state index contributed by atoms with van der Waals surface area (Å²) in [5.74, 6) is -0.0921. The van der Waals surface area contributed by atoms with E-state index in [2.05, 4.69) is 10.5 Å². The number of carbonyl (C=O) groups is 1. The van der Waals surface area contributed by atoms with E-state index >= 15 is 0 Å². The number of sulfonamides is 1. The van der Waals surface area contributed by atoms with Gasteiger partial charge in [-0.1, -0.05) is 35.5 Å². The standard InChI is InChI=1S/C16H19N3O4S/c1-24(21,22)19-9-7-13(8-10-19)15(20)18-16-14(11-17-23-16)12-5-3-2-4-6-12/h2-6,11,13H,7-10H2,1H3,(H,18,20). The van der Waals surface area contributed by atoms with E-state index in [0.717, 1.165) is 11.1 Å². The highest BCUT2D eigenvalue weighted by Gasteiger charge is 2.29. The molecule has 0 spiro atoms. The molecule has 1 aromatic carbocycles. The molecule has 3 rings (SSSR count). The van der Waals surface area contributed by atoms with Crippen LogP contribution in [0.15, 0.2) is 41.1 Å². The molecule has 0 saturated carbocycles. The zero-order valence-electron chi connectivity index (χ0n) is 13.3. The molecule has 1 N–H and O–H groups in total. The van der Waals surface area contributed by atoms with Crippen molar-refractivity contribution < 1.29 is 17.7 Å². The van der Waals surface area contributed by atoms with Crippen molar-refractivity contribution in [3.05, 3.63) is 36.5 Å². The predicted molar refractivity (Wildman–Crippen MR) is 89.7 cm³/mol. The van der Waals surface area contributed by atoms with Crippen molar-refractivity contribution in [3.63, 3.8) is 0 Å². The first-order chi connectivity index (χ1) is 11.4. The molecule has 1 fully saturated rings. The summed E-state index contributed by atoms with van der Waals surface area (Å²) in [6.45, 7) is 0.720. The zero-order chi connectivity index (χ0) is 17.2. The second-order valence-corrected chi connectivity index (χ2v) is 7.84. The largest absolute Gasteiger partial charge is 0.338 e. The summed E-state index contributed by atoms with van der Waals surface area (Å²) in [4.78, 5) is 12.4. The molecule has 0 aliphatic carbocycles. The van der Waals surface area contributed by atoms with Crippen molar-refractivity contribution in [3.8, 4) is 11.1 Å². The van der Waals surface area contributed by atoms with Gasteiger partial charge >= 0.3 is 0 Å². The van der Waals surface area contributed by atoms with Gasteiger partial charge in [0, 0.05) is 19.0 Å². The summed E-state index contributed by atoms with van der Waals surface area (Å²) in [6.07, 6.45) is 3.74. The number of hydrogen-bond acceptors (Lipinski definition) is 5. The van der Waals surface area contributed by atoms with Gasteiger partial charge in [-0.2, -0.15) is 0 Å². The molecule has 128 valence electrons. The Bertz CT molecular complexity index is 809. The molecule has 0 atom stereocenters. The van der Waals surface area contributed by atoms with Crippen LogP contribution in [0.4, 0.5) is 5.88 Å². The third-order valence-corrected chi connectivity index (χ3v) is 5.49. The number of anilines is 1. The molecule has 8 heteroatoms. The number of carbonyl (C=O) groups excluding carboxylic acids is 1. The van der Waals surface area contributed by atoms with E-state index in [1.807, 2.05) is 30.3 Å². The highest BCUT2D eigenvalue weighted by molar-refractivity contribution is 7.88. The molecule has 1 saturated heterocycles. The topological polar surface area (TPSA) is 92.5 Å². The van der Waals surface area contributed by atoms with E-state index in [-0.39, 0.29) is 11.8 Å². The van der Waals surface area contributed by atoms with Crippen molar-refractivity contribution in [2.75, 3.05) is 24.7 Å². The Morgan fingerprint density at radius 2 is 1.92 bits per heavy atom. The quantitative estimate of drug-likeness (QED) is 0.911. The Labute approximate surface area is 140 Å². The van der Waals surface area contributed by atoms with Crippen molar-refractivity contribution in [2.24, 2.45) is 5.92 Å². The molecule has 0 radical (unpaired) electrons. The van der Waals surface area contributed by atoms with E-state index in [1.54, 1.807) is 6.20 Å². The Morgan fingerprint density at radius 1 is 1.25 bits per heavy atom. The minimum absolute atomic E-state index is 0.169. The second kappa shape index (κ2) is 6.74. The van der Waals surface area contributed by atoms with Crippen LogP contribution >= 0.6 is 0 Å². The molecular weight excluding hydrogens is 330 g/mol. The Morgan fingerprint density at radius 3 is 2.54 bits per heavy atom. The average Bonchev–Trinajstić information content (AvgIpc) is 3.03. The lowest BCUT2D eigenvalue weighted by Crippen LogP contribution is -2.40. The van der Waals surface area contributed by atoms with Crippen molar-refractivity contribution in [1.82, 2.24) is 9.46 Å². The van der Waals surface area contributed by atoms with Crippen LogP contribution in [0.25, 0.3) is 11.1 Å². The molecule has 2 aromatic rings.